The third-order valence-corrected chi connectivity index (χ3v) is 1.41. The summed E-state index contributed by atoms with van der Waals surface area (Å²) in [5, 5.41) is 10.2. The van der Waals surface area contributed by atoms with Crippen LogP contribution < -0.4 is 0 Å². The van der Waals surface area contributed by atoms with Crippen LogP contribution in [0.3, 0.4) is 0 Å². The van der Waals surface area contributed by atoms with Gasteiger partial charge < -0.3 is 10.1 Å². The van der Waals surface area contributed by atoms with Gasteiger partial charge in [-0.15, -0.1) is 0 Å². The van der Waals surface area contributed by atoms with Crippen LogP contribution in [0.1, 0.15) is 12.5 Å². The monoisotopic (exact) mass is 152 g/mol. The molecule has 1 heterocycles. The minimum absolute atomic E-state index is 0.0793. The minimum atomic E-state index is -0.487. The van der Waals surface area contributed by atoms with Crippen LogP contribution in [0, 0.1) is 10.1 Å². The Morgan fingerprint density at radius 3 is 3.00 bits per heavy atom. The molecule has 4 heteroatoms. The molecule has 0 spiro atoms. The van der Waals surface area contributed by atoms with Gasteiger partial charge in [-0.25, -0.2) is 0 Å². The molecule has 11 heavy (non-hydrogen) atoms. The molecule has 1 rings (SSSR count). The summed E-state index contributed by atoms with van der Waals surface area (Å²) in [6.45, 7) is 1.94. The number of aryl methyl sites for hydroxylation is 1. The summed E-state index contributed by atoms with van der Waals surface area (Å²) >= 11 is 0. The van der Waals surface area contributed by atoms with Crippen molar-refractivity contribution in [2.45, 2.75) is 13.3 Å². The molecule has 58 valence electrons. The van der Waals surface area contributed by atoms with Crippen molar-refractivity contribution in [3.63, 3.8) is 0 Å². The van der Waals surface area contributed by atoms with Gasteiger partial charge in [0.25, 0.3) is 0 Å². The van der Waals surface area contributed by atoms with E-state index in [0.717, 1.165) is 12.0 Å². The molecule has 0 atom stereocenters. The van der Waals surface area contributed by atoms with Gasteiger partial charge >= 0.3 is 5.82 Å². The third kappa shape index (κ3) is 1.73. The Hall–Kier alpha value is -1.45. The quantitative estimate of drug-likeness (QED) is 0.477. The number of rotatable bonds is 2. The minimum Gasteiger partial charge on any atom is -0.358 e. The molecule has 0 aliphatic carbocycles. The van der Waals surface area contributed by atoms with E-state index >= 15 is 0 Å². The lowest BCUT2D eigenvalue weighted by Gasteiger charge is -1.93. The second-order valence-corrected chi connectivity index (χ2v) is 2.13. The zero-order valence-electron chi connectivity index (χ0n) is 6.15. The zero-order valence-corrected chi connectivity index (χ0v) is 6.15. The van der Waals surface area contributed by atoms with E-state index < -0.39 is 4.92 Å². The summed E-state index contributed by atoms with van der Waals surface area (Å²) in [6.07, 6.45) is 2.25. The van der Waals surface area contributed by atoms with Crippen molar-refractivity contribution in [1.82, 2.24) is 4.98 Å². The lowest BCUT2D eigenvalue weighted by Crippen LogP contribution is -1.92. The van der Waals surface area contributed by atoms with Crippen LogP contribution in [0.5, 0.6) is 0 Å². The van der Waals surface area contributed by atoms with E-state index in [1.807, 2.05) is 6.92 Å². The van der Waals surface area contributed by atoms with Crippen LogP contribution in [0.15, 0.2) is 18.3 Å². The fraction of sp³-hybridized carbons (Fsp3) is 0.286. The summed E-state index contributed by atoms with van der Waals surface area (Å²) in [5.74, 6) is -0.0793. The average molecular weight is 152 g/mol. The summed E-state index contributed by atoms with van der Waals surface area (Å²) in [4.78, 5) is 13.3. The predicted molar refractivity (Wildman–Crippen MR) is 40.3 cm³/mol. The Balaban J connectivity index is 3.01. The summed E-state index contributed by atoms with van der Waals surface area (Å²) in [5.41, 5.74) is 0.937. The molecule has 0 N–H and O–H groups in total. The van der Waals surface area contributed by atoms with Crippen molar-refractivity contribution in [2.24, 2.45) is 0 Å². The van der Waals surface area contributed by atoms with Crippen molar-refractivity contribution in [1.29, 1.82) is 0 Å². The molecule has 4 nitrogen and oxygen atoms in total. The molecule has 0 fully saturated rings. The summed E-state index contributed by atoms with van der Waals surface area (Å²) < 4.78 is 0. The van der Waals surface area contributed by atoms with Crippen molar-refractivity contribution >= 4 is 5.82 Å². The topological polar surface area (TPSA) is 56.0 Å². The van der Waals surface area contributed by atoms with Gasteiger partial charge in [0.1, 0.15) is 6.20 Å². The first-order chi connectivity index (χ1) is 5.24. The second-order valence-electron chi connectivity index (χ2n) is 2.13. The van der Waals surface area contributed by atoms with Crippen LogP contribution in [-0.4, -0.2) is 9.91 Å². The first-order valence-corrected chi connectivity index (χ1v) is 3.33. The fourth-order valence-corrected chi connectivity index (χ4v) is 0.780. The highest BCUT2D eigenvalue weighted by molar-refractivity contribution is 5.25. The second kappa shape index (κ2) is 3.09. The molecular formula is C7H8N2O2. The maximum Gasteiger partial charge on any atom is 0.363 e. The maximum atomic E-state index is 10.2. The van der Waals surface area contributed by atoms with Gasteiger partial charge in [-0.05, 0) is 28.0 Å². The Kier molecular flexibility index (Phi) is 2.15. The van der Waals surface area contributed by atoms with E-state index in [1.54, 1.807) is 6.07 Å². The smallest absolute Gasteiger partial charge is 0.358 e. The normalized spacial score (nSPS) is 9.55. The van der Waals surface area contributed by atoms with Crippen LogP contribution in [0.2, 0.25) is 0 Å². The van der Waals surface area contributed by atoms with Crippen molar-refractivity contribution in [3.8, 4) is 0 Å². The molecule has 0 unspecified atom stereocenters. The van der Waals surface area contributed by atoms with E-state index in [-0.39, 0.29) is 5.82 Å². The Bertz CT molecular complexity index is 273. The van der Waals surface area contributed by atoms with Crippen LogP contribution in [0.25, 0.3) is 0 Å². The van der Waals surface area contributed by atoms with Gasteiger partial charge in [0.2, 0.25) is 0 Å². The van der Waals surface area contributed by atoms with Gasteiger partial charge in [0, 0.05) is 6.07 Å². The molecule has 0 amide bonds. The molecule has 1 aromatic rings. The van der Waals surface area contributed by atoms with Crippen LogP contribution in [-0.2, 0) is 6.42 Å². The van der Waals surface area contributed by atoms with Gasteiger partial charge in [-0.2, -0.15) is 0 Å². The molecule has 0 aromatic carbocycles. The standard InChI is InChI=1S/C7H8N2O2/c1-2-6-3-4-8-7(5-6)9(10)11/h3-5H,2H2,1H3. The molecule has 0 aliphatic rings. The molecular weight excluding hydrogens is 144 g/mol. The lowest BCUT2D eigenvalue weighted by atomic mass is 10.2. The van der Waals surface area contributed by atoms with Crippen LogP contribution in [0.4, 0.5) is 5.82 Å². The Labute approximate surface area is 64.0 Å². The highest BCUT2D eigenvalue weighted by Gasteiger charge is 2.04. The first kappa shape index (κ1) is 7.65. The number of hydrogen-bond acceptors (Lipinski definition) is 3. The highest BCUT2D eigenvalue weighted by Crippen LogP contribution is 2.08. The molecule has 0 aliphatic heterocycles. The van der Waals surface area contributed by atoms with E-state index in [1.165, 1.54) is 12.3 Å². The first-order valence-electron chi connectivity index (χ1n) is 3.33. The molecule has 1 aromatic heterocycles. The Morgan fingerprint density at radius 1 is 1.73 bits per heavy atom. The van der Waals surface area contributed by atoms with Crippen molar-refractivity contribution in [2.75, 3.05) is 0 Å². The van der Waals surface area contributed by atoms with Crippen molar-refractivity contribution < 1.29 is 4.92 Å². The number of nitro groups is 1. The fourth-order valence-electron chi connectivity index (χ4n) is 0.780. The van der Waals surface area contributed by atoms with E-state index in [0.29, 0.717) is 0 Å². The summed E-state index contributed by atoms with van der Waals surface area (Å²) in [7, 11) is 0. The predicted octanol–water partition coefficient (Wildman–Crippen LogP) is 1.55. The van der Waals surface area contributed by atoms with Gasteiger partial charge in [-0.3, -0.25) is 0 Å². The molecule has 0 saturated heterocycles. The largest absolute Gasteiger partial charge is 0.363 e. The van der Waals surface area contributed by atoms with Crippen molar-refractivity contribution in [3.05, 3.63) is 34.0 Å². The van der Waals surface area contributed by atoms with Gasteiger partial charge in [0.05, 0.1) is 0 Å². The number of nitrogens with zero attached hydrogens (tertiary/aromatic N) is 2. The SMILES string of the molecule is CCc1ccnc([N+](=O)[O-])c1. The Morgan fingerprint density at radius 2 is 2.45 bits per heavy atom. The molecule has 0 saturated carbocycles. The van der Waals surface area contributed by atoms with E-state index in [9.17, 15) is 10.1 Å². The maximum absolute atomic E-state index is 10.2. The number of pyridine rings is 1. The van der Waals surface area contributed by atoms with Gasteiger partial charge in [0.15, 0.2) is 0 Å². The number of hydrogen-bond donors (Lipinski definition) is 0. The third-order valence-electron chi connectivity index (χ3n) is 1.41. The van der Waals surface area contributed by atoms with Gasteiger partial charge in [-0.1, -0.05) is 6.92 Å². The molecule has 0 radical (unpaired) electrons. The average Bonchev–Trinajstić information content (AvgIpc) is 2.05. The van der Waals surface area contributed by atoms with Crippen LogP contribution >= 0.6 is 0 Å². The molecule has 0 bridgehead atoms. The zero-order chi connectivity index (χ0) is 8.27. The van der Waals surface area contributed by atoms with E-state index in [4.69, 9.17) is 0 Å². The lowest BCUT2D eigenvalue weighted by molar-refractivity contribution is -0.389. The number of aromatic nitrogens is 1. The van der Waals surface area contributed by atoms with E-state index in [2.05, 4.69) is 4.98 Å². The highest BCUT2D eigenvalue weighted by atomic mass is 16.6. The summed E-state index contributed by atoms with van der Waals surface area (Å²) in [6, 6.07) is 3.26.